The fourth-order valence-corrected chi connectivity index (χ4v) is 5.90. The molecule has 0 spiro atoms. The number of fused-ring (bicyclic) bond motifs is 1. The summed E-state index contributed by atoms with van der Waals surface area (Å²) in [5.41, 5.74) is 2.71. The highest BCUT2D eigenvalue weighted by molar-refractivity contribution is 7.11. The van der Waals surface area contributed by atoms with Crippen LogP contribution in [0.2, 0.25) is 0 Å². The van der Waals surface area contributed by atoms with Crippen LogP contribution in [-0.4, -0.2) is 65.0 Å². The van der Waals surface area contributed by atoms with Crippen molar-refractivity contribution in [3.05, 3.63) is 39.5 Å². The molecule has 5 nitrogen and oxygen atoms in total. The highest BCUT2D eigenvalue weighted by Gasteiger charge is 2.30. The number of thiazole rings is 1. The number of urea groups is 1. The first-order valence-corrected chi connectivity index (χ1v) is 11.3. The zero-order chi connectivity index (χ0) is 18.2. The summed E-state index contributed by atoms with van der Waals surface area (Å²) in [6.07, 6.45) is 13.2. The SMILES string of the molecule is O=C(N1CCCC1)N1CCC(c2nc3c(s2)CCN(C2=CC=C2)CC3)CC1. The molecule has 0 N–H and O–H groups in total. The minimum absolute atomic E-state index is 0.264. The Bertz CT molecular complexity index is 744. The molecule has 0 aromatic carbocycles. The van der Waals surface area contributed by atoms with Crippen molar-refractivity contribution in [2.24, 2.45) is 0 Å². The van der Waals surface area contributed by atoms with E-state index in [2.05, 4.69) is 28.0 Å². The monoisotopic (exact) mass is 384 g/mol. The van der Waals surface area contributed by atoms with Crippen molar-refractivity contribution < 1.29 is 4.79 Å². The van der Waals surface area contributed by atoms with E-state index in [0.717, 1.165) is 77.8 Å². The Morgan fingerprint density at radius 2 is 1.70 bits per heavy atom. The first-order valence-electron chi connectivity index (χ1n) is 10.4. The van der Waals surface area contributed by atoms with Gasteiger partial charge in [0.05, 0.1) is 10.7 Å². The van der Waals surface area contributed by atoms with Crippen LogP contribution in [0.5, 0.6) is 0 Å². The molecule has 5 rings (SSSR count). The van der Waals surface area contributed by atoms with Gasteiger partial charge in [-0.2, -0.15) is 0 Å². The molecule has 0 radical (unpaired) electrons. The molecule has 0 unspecified atom stereocenters. The maximum Gasteiger partial charge on any atom is 0.319 e. The van der Waals surface area contributed by atoms with Crippen LogP contribution in [0.15, 0.2) is 23.9 Å². The van der Waals surface area contributed by atoms with E-state index in [9.17, 15) is 4.79 Å². The lowest BCUT2D eigenvalue weighted by Crippen LogP contribution is -2.45. The molecule has 2 saturated heterocycles. The molecule has 6 heteroatoms. The summed E-state index contributed by atoms with van der Waals surface area (Å²) >= 11 is 1.94. The molecule has 1 aromatic rings. The van der Waals surface area contributed by atoms with Crippen LogP contribution in [0, 0.1) is 0 Å². The quantitative estimate of drug-likeness (QED) is 0.785. The Balaban J connectivity index is 1.18. The minimum atomic E-state index is 0.264. The number of aromatic nitrogens is 1. The molecule has 4 aliphatic rings. The van der Waals surface area contributed by atoms with E-state index in [-0.39, 0.29) is 6.03 Å². The lowest BCUT2D eigenvalue weighted by atomic mass is 9.98. The van der Waals surface area contributed by atoms with Crippen LogP contribution in [0.25, 0.3) is 0 Å². The Morgan fingerprint density at radius 3 is 2.41 bits per heavy atom. The molecule has 2 fully saturated rings. The largest absolute Gasteiger partial charge is 0.371 e. The molecule has 4 heterocycles. The van der Waals surface area contributed by atoms with E-state index < -0.39 is 0 Å². The second-order valence-corrected chi connectivity index (χ2v) is 9.21. The maximum absolute atomic E-state index is 12.6. The molecular formula is C21H28N4OS. The maximum atomic E-state index is 12.6. The molecule has 1 aromatic heterocycles. The van der Waals surface area contributed by atoms with Crippen molar-refractivity contribution in [3.8, 4) is 0 Å². The number of amides is 2. The smallest absolute Gasteiger partial charge is 0.319 e. The van der Waals surface area contributed by atoms with Gasteiger partial charge in [-0.1, -0.05) is 6.08 Å². The molecule has 0 saturated carbocycles. The van der Waals surface area contributed by atoms with Crippen LogP contribution in [0.1, 0.15) is 47.2 Å². The standard InChI is InChI=1S/C21H28N4OS/c26-21(24-10-1-2-11-24)25-12-6-16(7-13-25)20-22-18-8-14-23(17-4-3-5-17)15-9-19(18)27-20/h3-5,16H,1-2,6-15H2. The van der Waals surface area contributed by atoms with Crippen molar-refractivity contribution >= 4 is 17.4 Å². The van der Waals surface area contributed by atoms with Gasteiger partial charge in [-0.25, -0.2) is 9.78 Å². The molecule has 27 heavy (non-hydrogen) atoms. The highest BCUT2D eigenvalue weighted by Crippen LogP contribution is 2.35. The van der Waals surface area contributed by atoms with Gasteiger partial charge in [0.15, 0.2) is 0 Å². The minimum Gasteiger partial charge on any atom is -0.371 e. The summed E-state index contributed by atoms with van der Waals surface area (Å²) in [6.45, 7) is 5.85. The van der Waals surface area contributed by atoms with E-state index in [1.807, 2.05) is 16.2 Å². The lowest BCUT2D eigenvalue weighted by molar-refractivity contribution is 0.148. The summed E-state index contributed by atoms with van der Waals surface area (Å²) in [5, 5.41) is 1.32. The first kappa shape index (κ1) is 17.3. The predicted octanol–water partition coefficient (Wildman–Crippen LogP) is 3.39. The summed E-state index contributed by atoms with van der Waals surface area (Å²) in [4.78, 5) is 25.7. The van der Waals surface area contributed by atoms with E-state index >= 15 is 0 Å². The number of piperidine rings is 1. The molecule has 0 atom stereocenters. The van der Waals surface area contributed by atoms with E-state index in [1.165, 1.54) is 21.3 Å². The van der Waals surface area contributed by atoms with Crippen LogP contribution >= 0.6 is 11.3 Å². The molecular weight excluding hydrogens is 356 g/mol. The Kier molecular flexibility index (Phi) is 4.68. The van der Waals surface area contributed by atoms with Gasteiger partial charge in [-0.15, -0.1) is 11.3 Å². The van der Waals surface area contributed by atoms with Gasteiger partial charge >= 0.3 is 6.03 Å². The van der Waals surface area contributed by atoms with Crippen LogP contribution < -0.4 is 0 Å². The second-order valence-electron chi connectivity index (χ2n) is 8.10. The molecule has 3 aliphatic heterocycles. The topological polar surface area (TPSA) is 39.7 Å². The third kappa shape index (κ3) is 3.40. The average Bonchev–Trinajstić information content (AvgIpc) is 3.29. The Hall–Kier alpha value is -1.82. The van der Waals surface area contributed by atoms with Crippen LogP contribution in [0.3, 0.4) is 0 Å². The molecule has 0 bridgehead atoms. The van der Waals surface area contributed by atoms with Gasteiger partial charge in [0.2, 0.25) is 0 Å². The predicted molar refractivity (Wildman–Crippen MR) is 108 cm³/mol. The number of likely N-dealkylation sites (tertiary alicyclic amines) is 2. The number of carbonyl (C=O) groups excluding carboxylic acids is 1. The number of rotatable bonds is 2. The van der Waals surface area contributed by atoms with Gasteiger partial charge in [-0.05, 0) is 37.8 Å². The van der Waals surface area contributed by atoms with Crippen LogP contribution in [-0.2, 0) is 12.8 Å². The van der Waals surface area contributed by atoms with Crippen molar-refractivity contribution in [2.45, 2.75) is 44.4 Å². The fraction of sp³-hybridized carbons (Fsp3) is 0.619. The van der Waals surface area contributed by atoms with Crippen LogP contribution in [0.4, 0.5) is 4.79 Å². The highest BCUT2D eigenvalue weighted by atomic mass is 32.1. The van der Waals surface area contributed by atoms with Gasteiger partial charge in [0, 0.05) is 68.6 Å². The molecule has 1 aliphatic carbocycles. The number of hydrogen-bond acceptors (Lipinski definition) is 4. The van der Waals surface area contributed by atoms with E-state index in [1.54, 1.807) is 0 Å². The van der Waals surface area contributed by atoms with E-state index in [0.29, 0.717) is 5.92 Å². The van der Waals surface area contributed by atoms with Crippen molar-refractivity contribution in [3.63, 3.8) is 0 Å². The summed E-state index contributed by atoms with van der Waals surface area (Å²) in [5.74, 6) is 0.540. The second kappa shape index (κ2) is 7.30. The summed E-state index contributed by atoms with van der Waals surface area (Å²) < 4.78 is 0. The van der Waals surface area contributed by atoms with Gasteiger partial charge in [0.1, 0.15) is 0 Å². The normalized spacial score (nSPS) is 23.1. The third-order valence-electron chi connectivity index (χ3n) is 6.41. The van der Waals surface area contributed by atoms with E-state index in [4.69, 9.17) is 4.98 Å². The number of nitrogens with zero attached hydrogens (tertiary/aromatic N) is 4. The Labute approximate surface area is 165 Å². The average molecular weight is 385 g/mol. The van der Waals surface area contributed by atoms with Gasteiger partial charge in [0.25, 0.3) is 0 Å². The number of carbonyl (C=O) groups is 1. The van der Waals surface area contributed by atoms with Crippen molar-refractivity contribution in [1.29, 1.82) is 0 Å². The molecule has 2 amide bonds. The first-order chi connectivity index (χ1) is 13.3. The number of allylic oxidation sites excluding steroid dienone is 3. The molecule has 144 valence electrons. The lowest BCUT2D eigenvalue weighted by Gasteiger charge is -2.33. The number of hydrogen-bond donors (Lipinski definition) is 0. The summed E-state index contributed by atoms with van der Waals surface area (Å²) in [6, 6.07) is 0.264. The fourth-order valence-electron chi connectivity index (χ4n) is 4.64. The summed E-state index contributed by atoms with van der Waals surface area (Å²) in [7, 11) is 0. The zero-order valence-corrected chi connectivity index (χ0v) is 16.7. The van der Waals surface area contributed by atoms with Crippen molar-refractivity contribution in [1.82, 2.24) is 19.7 Å². The van der Waals surface area contributed by atoms with Crippen molar-refractivity contribution in [2.75, 3.05) is 39.3 Å². The van der Waals surface area contributed by atoms with Gasteiger partial charge in [-0.3, -0.25) is 0 Å². The van der Waals surface area contributed by atoms with Gasteiger partial charge < -0.3 is 14.7 Å². The third-order valence-corrected chi connectivity index (χ3v) is 7.73. The zero-order valence-electron chi connectivity index (χ0n) is 15.9. The Morgan fingerprint density at radius 1 is 1.00 bits per heavy atom.